The Hall–Kier alpha value is -1.42. The summed E-state index contributed by atoms with van der Waals surface area (Å²) >= 11 is 0.788. The van der Waals surface area contributed by atoms with Crippen LogP contribution in [-0.4, -0.2) is 41.5 Å². The van der Waals surface area contributed by atoms with Crippen molar-refractivity contribution in [1.29, 1.82) is 0 Å². The van der Waals surface area contributed by atoms with Gasteiger partial charge < -0.3 is 5.73 Å². The first-order chi connectivity index (χ1) is 7.30. The summed E-state index contributed by atoms with van der Waals surface area (Å²) in [7, 11) is -3.60. The SMILES string of the molecule is CS(=O)(=O)c1nnc(SCC(N)=O)c(=O)[nH]1. The molecule has 1 rings (SSSR count). The monoisotopic (exact) mass is 264 g/mol. The maximum absolute atomic E-state index is 11.3. The number of nitrogens with one attached hydrogen (secondary N) is 1. The van der Waals surface area contributed by atoms with Crippen molar-refractivity contribution in [3.63, 3.8) is 0 Å². The molecule has 3 N–H and O–H groups in total. The van der Waals surface area contributed by atoms with Crippen molar-refractivity contribution in [2.45, 2.75) is 10.2 Å². The van der Waals surface area contributed by atoms with E-state index in [4.69, 9.17) is 5.73 Å². The van der Waals surface area contributed by atoms with Crippen LogP contribution in [0.25, 0.3) is 0 Å². The van der Waals surface area contributed by atoms with Crippen LogP contribution in [0.3, 0.4) is 0 Å². The third-order valence-electron chi connectivity index (χ3n) is 1.35. The van der Waals surface area contributed by atoms with E-state index >= 15 is 0 Å². The molecule has 0 spiro atoms. The zero-order valence-corrected chi connectivity index (χ0v) is 9.76. The number of aromatic amines is 1. The number of thioether (sulfide) groups is 1. The van der Waals surface area contributed by atoms with Crippen molar-refractivity contribution in [2.75, 3.05) is 12.0 Å². The quantitative estimate of drug-likeness (QED) is 0.609. The van der Waals surface area contributed by atoms with Crippen LogP contribution in [0, 0.1) is 0 Å². The number of rotatable bonds is 4. The molecule has 0 aliphatic carbocycles. The Kier molecular flexibility index (Phi) is 3.65. The molecule has 0 aromatic carbocycles. The highest BCUT2D eigenvalue weighted by Gasteiger charge is 2.13. The first kappa shape index (κ1) is 12.6. The number of hydrogen-bond donors (Lipinski definition) is 2. The van der Waals surface area contributed by atoms with E-state index in [0.29, 0.717) is 0 Å². The number of carbonyl (C=O) groups excluding carboxylic acids is 1. The van der Waals surface area contributed by atoms with Crippen LogP contribution in [0.15, 0.2) is 15.0 Å². The van der Waals surface area contributed by atoms with Crippen LogP contribution in [0.4, 0.5) is 0 Å². The van der Waals surface area contributed by atoms with E-state index in [1.807, 2.05) is 4.98 Å². The molecular weight excluding hydrogens is 256 g/mol. The van der Waals surface area contributed by atoms with E-state index in [-0.39, 0.29) is 10.8 Å². The van der Waals surface area contributed by atoms with Gasteiger partial charge in [-0.25, -0.2) is 8.42 Å². The lowest BCUT2D eigenvalue weighted by atomic mass is 10.8. The summed E-state index contributed by atoms with van der Waals surface area (Å²) in [4.78, 5) is 23.8. The van der Waals surface area contributed by atoms with Gasteiger partial charge in [-0.1, -0.05) is 11.8 Å². The van der Waals surface area contributed by atoms with Crippen molar-refractivity contribution in [1.82, 2.24) is 15.2 Å². The standard InChI is InChI=1S/C6H8N4O4S2/c1-16(13,14)6-8-4(12)5(9-10-6)15-2-3(7)11/h2H2,1H3,(H2,7,11)(H,8,10,12). The number of hydrogen-bond acceptors (Lipinski definition) is 7. The molecule has 8 nitrogen and oxygen atoms in total. The van der Waals surface area contributed by atoms with E-state index < -0.39 is 26.5 Å². The Bertz CT molecular complexity index is 564. The third-order valence-corrected chi connectivity index (χ3v) is 3.20. The predicted molar refractivity (Wildman–Crippen MR) is 55.7 cm³/mol. The normalized spacial score (nSPS) is 11.3. The van der Waals surface area contributed by atoms with Gasteiger partial charge in [0.15, 0.2) is 5.03 Å². The summed E-state index contributed by atoms with van der Waals surface area (Å²) in [5.41, 5.74) is 4.15. The maximum Gasteiger partial charge on any atom is 0.284 e. The number of nitrogens with zero attached hydrogens (tertiary/aromatic N) is 2. The first-order valence-electron chi connectivity index (χ1n) is 3.89. The van der Waals surface area contributed by atoms with Gasteiger partial charge >= 0.3 is 0 Å². The average molecular weight is 264 g/mol. The number of sulfone groups is 1. The highest BCUT2D eigenvalue weighted by atomic mass is 32.2. The molecule has 0 atom stereocenters. The highest BCUT2D eigenvalue weighted by molar-refractivity contribution is 7.99. The van der Waals surface area contributed by atoms with Gasteiger partial charge in [0, 0.05) is 6.26 Å². The molecule has 1 aromatic heterocycles. The van der Waals surface area contributed by atoms with Gasteiger partial charge in [-0.2, -0.15) is 0 Å². The van der Waals surface area contributed by atoms with E-state index in [1.165, 1.54) is 0 Å². The molecule has 0 bridgehead atoms. The number of H-pyrrole nitrogens is 1. The minimum absolute atomic E-state index is 0.105. The van der Waals surface area contributed by atoms with Crippen LogP contribution in [0.2, 0.25) is 0 Å². The third kappa shape index (κ3) is 3.31. The molecule has 0 unspecified atom stereocenters. The fourth-order valence-corrected chi connectivity index (χ4v) is 1.74. The lowest BCUT2D eigenvalue weighted by Gasteiger charge is -1.98. The molecule has 0 aliphatic heterocycles. The second-order valence-corrected chi connectivity index (χ2v) is 5.69. The Morgan fingerprint density at radius 1 is 1.50 bits per heavy atom. The van der Waals surface area contributed by atoms with Crippen molar-refractivity contribution in [2.24, 2.45) is 5.73 Å². The van der Waals surface area contributed by atoms with E-state index in [9.17, 15) is 18.0 Å². The van der Waals surface area contributed by atoms with Crippen molar-refractivity contribution < 1.29 is 13.2 Å². The lowest BCUT2D eigenvalue weighted by Crippen LogP contribution is -2.20. The zero-order chi connectivity index (χ0) is 12.3. The number of carbonyl (C=O) groups is 1. The predicted octanol–water partition coefficient (Wildman–Crippen LogP) is -1.85. The molecule has 1 aromatic rings. The molecule has 88 valence electrons. The van der Waals surface area contributed by atoms with Crippen LogP contribution < -0.4 is 11.3 Å². The van der Waals surface area contributed by atoms with Gasteiger partial charge in [0.1, 0.15) is 0 Å². The van der Waals surface area contributed by atoms with E-state index in [1.54, 1.807) is 0 Å². The fraction of sp³-hybridized carbons (Fsp3) is 0.333. The second kappa shape index (κ2) is 4.61. The van der Waals surface area contributed by atoms with Gasteiger partial charge in [-0.05, 0) is 0 Å². The minimum atomic E-state index is -3.60. The Balaban J connectivity index is 3.02. The Labute approximate surface area is 94.6 Å². The Morgan fingerprint density at radius 3 is 2.56 bits per heavy atom. The maximum atomic E-state index is 11.3. The molecule has 10 heteroatoms. The zero-order valence-electron chi connectivity index (χ0n) is 8.13. The summed E-state index contributed by atoms with van der Waals surface area (Å²) in [6.07, 6.45) is 0.892. The van der Waals surface area contributed by atoms with Crippen molar-refractivity contribution in [3.05, 3.63) is 10.4 Å². The molecule has 1 heterocycles. The molecule has 1 amide bonds. The highest BCUT2D eigenvalue weighted by Crippen LogP contribution is 2.08. The molecular formula is C6H8N4O4S2. The summed E-state index contributed by atoms with van der Waals surface area (Å²) in [5.74, 6) is -0.742. The van der Waals surface area contributed by atoms with Gasteiger partial charge in [0.2, 0.25) is 20.9 Å². The molecule has 16 heavy (non-hydrogen) atoms. The number of primary amides is 1. The van der Waals surface area contributed by atoms with Crippen molar-refractivity contribution in [3.8, 4) is 0 Å². The molecule has 0 saturated heterocycles. The van der Waals surface area contributed by atoms with E-state index in [2.05, 4.69) is 10.2 Å². The number of nitrogens with two attached hydrogens (primary N) is 1. The molecule has 0 radical (unpaired) electrons. The molecule has 0 aliphatic rings. The molecule has 0 saturated carbocycles. The number of aromatic nitrogens is 3. The van der Waals surface area contributed by atoms with Crippen LogP contribution in [-0.2, 0) is 14.6 Å². The van der Waals surface area contributed by atoms with Gasteiger partial charge in [0.25, 0.3) is 5.56 Å². The summed E-state index contributed by atoms with van der Waals surface area (Å²) in [6, 6.07) is 0. The van der Waals surface area contributed by atoms with E-state index in [0.717, 1.165) is 18.0 Å². The van der Waals surface area contributed by atoms with Crippen LogP contribution in [0.1, 0.15) is 0 Å². The van der Waals surface area contributed by atoms with Gasteiger partial charge in [-0.3, -0.25) is 14.6 Å². The summed E-state index contributed by atoms with van der Waals surface area (Å²) in [5, 5.41) is 6.10. The fourth-order valence-electron chi connectivity index (χ4n) is 0.713. The second-order valence-electron chi connectivity index (χ2n) is 2.79. The summed E-state index contributed by atoms with van der Waals surface area (Å²) < 4.78 is 22.0. The smallest absolute Gasteiger partial charge is 0.284 e. The minimum Gasteiger partial charge on any atom is -0.369 e. The summed E-state index contributed by atoms with van der Waals surface area (Å²) in [6.45, 7) is 0. The average Bonchev–Trinajstić information content (AvgIpc) is 2.14. The lowest BCUT2D eigenvalue weighted by molar-refractivity contribution is -0.115. The van der Waals surface area contributed by atoms with Crippen LogP contribution in [0.5, 0.6) is 0 Å². The van der Waals surface area contributed by atoms with Gasteiger partial charge in [-0.15, -0.1) is 10.2 Å². The van der Waals surface area contributed by atoms with Crippen molar-refractivity contribution >= 4 is 27.5 Å². The topological polar surface area (TPSA) is 136 Å². The largest absolute Gasteiger partial charge is 0.369 e. The molecule has 0 fully saturated rings. The first-order valence-corrected chi connectivity index (χ1v) is 6.76. The Morgan fingerprint density at radius 2 is 2.12 bits per heavy atom. The van der Waals surface area contributed by atoms with Crippen LogP contribution >= 0.6 is 11.8 Å². The number of amides is 1. The van der Waals surface area contributed by atoms with Gasteiger partial charge in [0.05, 0.1) is 5.75 Å².